The molecule has 134 valence electrons. The normalized spacial score (nSPS) is 20.8. The number of pyridine rings is 1. The lowest BCUT2D eigenvalue weighted by molar-refractivity contribution is -0.140. The first-order chi connectivity index (χ1) is 11.7. The number of hydrogen-bond donors (Lipinski definition) is 0. The van der Waals surface area contributed by atoms with E-state index in [-0.39, 0.29) is 11.9 Å². The van der Waals surface area contributed by atoms with Gasteiger partial charge in [0.2, 0.25) is 0 Å². The average Bonchev–Trinajstić information content (AvgIpc) is 2.62. The molecule has 2 rings (SSSR count). The Morgan fingerprint density at radius 2 is 1.83 bits per heavy atom. The summed E-state index contributed by atoms with van der Waals surface area (Å²) in [7, 11) is 0. The van der Waals surface area contributed by atoms with Gasteiger partial charge in [-0.3, -0.25) is 9.78 Å². The Kier molecular flexibility index (Phi) is 8.27. The van der Waals surface area contributed by atoms with E-state index >= 15 is 0 Å². The fourth-order valence-electron chi connectivity index (χ4n) is 3.60. The minimum Gasteiger partial charge on any atom is -0.425 e. The second kappa shape index (κ2) is 10.5. The molecule has 24 heavy (non-hydrogen) atoms. The minimum atomic E-state index is -0.0672. The van der Waals surface area contributed by atoms with Gasteiger partial charge in [-0.15, -0.1) is 0 Å². The Labute approximate surface area is 147 Å². The molecule has 0 saturated heterocycles. The average molecular weight is 332 g/mol. The second-order valence-corrected chi connectivity index (χ2v) is 7.18. The number of aromatic nitrogens is 1. The summed E-state index contributed by atoms with van der Waals surface area (Å²) < 4.78 is 5.51. The maximum absolute atomic E-state index is 12.3. The molecule has 0 amide bonds. The van der Waals surface area contributed by atoms with Crippen molar-refractivity contribution in [3.63, 3.8) is 0 Å². The third kappa shape index (κ3) is 6.26. The van der Waals surface area contributed by atoms with Crippen LogP contribution < -0.4 is 4.74 Å². The van der Waals surface area contributed by atoms with Crippen molar-refractivity contribution in [2.24, 2.45) is 11.8 Å². The minimum absolute atomic E-state index is 0.0672. The number of unbranched alkanes of at least 4 members (excludes halogenated alkanes) is 4. The van der Waals surface area contributed by atoms with Crippen LogP contribution in [0.3, 0.4) is 0 Å². The summed E-state index contributed by atoms with van der Waals surface area (Å²) in [6, 6.07) is 3.78. The van der Waals surface area contributed by atoms with E-state index in [1.807, 2.05) is 12.1 Å². The molecule has 0 atom stereocenters. The SMILES string of the molecule is CCCCCCC[C@H]1CC[C@H](C(=O)Oc2ccc(CC)nc2)CC1. The lowest BCUT2D eigenvalue weighted by Crippen LogP contribution is -2.25. The molecule has 1 heterocycles. The van der Waals surface area contributed by atoms with Gasteiger partial charge in [0, 0.05) is 5.69 Å². The lowest BCUT2D eigenvalue weighted by atomic mass is 9.80. The Bertz CT molecular complexity index is 475. The van der Waals surface area contributed by atoms with Crippen LogP contribution in [0, 0.1) is 11.8 Å². The van der Waals surface area contributed by atoms with E-state index in [2.05, 4.69) is 18.8 Å². The zero-order valence-electron chi connectivity index (χ0n) is 15.4. The third-order valence-corrected chi connectivity index (χ3v) is 5.27. The number of rotatable bonds is 9. The molecule has 0 N–H and O–H groups in total. The molecule has 1 fully saturated rings. The van der Waals surface area contributed by atoms with Gasteiger partial charge < -0.3 is 4.74 Å². The molecule has 1 aliphatic rings. The van der Waals surface area contributed by atoms with Crippen LogP contribution in [0.25, 0.3) is 0 Å². The Morgan fingerprint density at radius 1 is 1.08 bits per heavy atom. The van der Waals surface area contributed by atoms with Crippen molar-refractivity contribution in [3.05, 3.63) is 24.0 Å². The first kappa shape index (κ1) is 19.0. The zero-order chi connectivity index (χ0) is 17.2. The molecular weight excluding hydrogens is 298 g/mol. The van der Waals surface area contributed by atoms with Gasteiger partial charge in [0.15, 0.2) is 0 Å². The van der Waals surface area contributed by atoms with E-state index in [9.17, 15) is 4.79 Å². The monoisotopic (exact) mass is 331 g/mol. The Hall–Kier alpha value is -1.38. The van der Waals surface area contributed by atoms with Crippen molar-refractivity contribution >= 4 is 5.97 Å². The molecular formula is C21H33NO2. The fraction of sp³-hybridized carbons (Fsp3) is 0.714. The van der Waals surface area contributed by atoms with E-state index in [0.717, 1.165) is 30.9 Å². The summed E-state index contributed by atoms with van der Waals surface area (Å²) in [6.07, 6.45) is 15.0. The second-order valence-electron chi connectivity index (χ2n) is 7.18. The smallest absolute Gasteiger partial charge is 0.314 e. The van der Waals surface area contributed by atoms with Gasteiger partial charge in [-0.1, -0.05) is 52.4 Å². The summed E-state index contributed by atoms with van der Waals surface area (Å²) in [5.41, 5.74) is 1.02. The molecule has 1 aromatic rings. The number of aryl methyl sites for hydroxylation is 1. The molecule has 0 bridgehead atoms. The highest BCUT2D eigenvalue weighted by atomic mass is 16.5. The predicted octanol–water partition coefficient (Wildman–Crippen LogP) is 5.72. The van der Waals surface area contributed by atoms with Crippen LogP contribution in [0.15, 0.2) is 18.3 Å². The molecule has 1 aliphatic carbocycles. The largest absolute Gasteiger partial charge is 0.425 e. The van der Waals surface area contributed by atoms with Gasteiger partial charge in [0.1, 0.15) is 5.75 Å². The number of hydrogen-bond acceptors (Lipinski definition) is 3. The van der Waals surface area contributed by atoms with Crippen LogP contribution in [0.4, 0.5) is 0 Å². The van der Waals surface area contributed by atoms with Gasteiger partial charge >= 0.3 is 5.97 Å². The topological polar surface area (TPSA) is 39.2 Å². The molecule has 0 radical (unpaired) electrons. The third-order valence-electron chi connectivity index (χ3n) is 5.27. The zero-order valence-corrected chi connectivity index (χ0v) is 15.4. The number of ether oxygens (including phenoxy) is 1. The van der Waals surface area contributed by atoms with Crippen LogP contribution in [0.2, 0.25) is 0 Å². The van der Waals surface area contributed by atoms with Crippen LogP contribution in [-0.4, -0.2) is 11.0 Å². The van der Waals surface area contributed by atoms with Gasteiger partial charge in [-0.25, -0.2) is 0 Å². The van der Waals surface area contributed by atoms with Crippen LogP contribution >= 0.6 is 0 Å². The molecule has 0 unspecified atom stereocenters. The summed E-state index contributed by atoms with van der Waals surface area (Å²) in [5, 5.41) is 0. The molecule has 0 spiro atoms. The van der Waals surface area contributed by atoms with Crippen LogP contribution in [0.5, 0.6) is 5.75 Å². The maximum Gasteiger partial charge on any atom is 0.314 e. The maximum atomic E-state index is 12.3. The first-order valence-electron chi connectivity index (χ1n) is 9.89. The van der Waals surface area contributed by atoms with Crippen molar-refractivity contribution < 1.29 is 9.53 Å². The van der Waals surface area contributed by atoms with Crippen molar-refractivity contribution in [3.8, 4) is 5.75 Å². The molecule has 3 heteroatoms. The fourth-order valence-corrected chi connectivity index (χ4v) is 3.60. The van der Waals surface area contributed by atoms with Gasteiger partial charge in [0.05, 0.1) is 12.1 Å². The van der Waals surface area contributed by atoms with Gasteiger partial charge in [0.25, 0.3) is 0 Å². The number of carbonyl (C=O) groups excluding carboxylic acids is 1. The van der Waals surface area contributed by atoms with Crippen molar-refractivity contribution in [1.29, 1.82) is 0 Å². The van der Waals surface area contributed by atoms with Crippen molar-refractivity contribution in [1.82, 2.24) is 4.98 Å². The van der Waals surface area contributed by atoms with E-state index in [1.54, 1.807) is 6.20 Å². The standard InChI is InChI=1S/C21H33NO2/c1-3-5-6-7-8-9-17-10-12-18(13-11-17)21(23)24-20-15-14-19(4-2)22-16-20/h14-18H,3-13H2,1-2H3/t17-,18-. The highest BCUT2D eigenvalue weighted by Gasteiger charge is 2.27. The molecule has 3 nitrogen and oxygen atoms in total. The number of carbonyl (C=O) groups is 1. The number of esters is 1. The molecule has 1 aromatic heterocycles. The predicted molar refractivity (Wildman–Crippen MR) is 98.1 cm³/mol. The van der Waals surface area contributed by atoms with Crippen LogP contribution in [-0.2, 0) is 11.2 Å². The summed E-state index contributed by atoms with van der Waals surface area (Å²) >= 11 is 0. The quantitative estimate of drug-likeness (QED) is 0.429. The highest BCUT2D eigenvalue weighted by molar-refractivity contribution is 5.75. The van der Waals surface area contributed by atoms with E-state index in [4.69, 9.17) is 4.74 Å². The van der Waals surface area contributed by atoms with Crippen LogP contribution in [0.1, 0.15) is 83.7 Å². The van der Waals surface area contributed by atoms with Crippen molar-refractivity contribution in [2.75, 3.05) is 0 Å². The molecule has 0 aromatic carbocycles. The number of nitrogens with zero attached hydrogens (tertiary/aromatic N) is 1. The summed E-state index contributed by atoms with van der Waals surface area (Å²) in [4.78, 5) is 16.6. The van der Waals surface area contributed by atoms with E-state index < -0.39 is 0 Å². The molecule has 1 saturated carbocycles. The van der Waals surface area contributed by atoms with Gasteiger partial charge in [-0.2, -0.15) is 0 Å². The molecule has 0 aliphatic heterocycles. The van der Waals surface area contributed by atoms with E-state index in [0.29, 0.717) is 5.75 Å². The first-order valence-corrected chi connectivity index (χ1v) is 9.89. The Morgan fingerprint density at radius 3 is 2.46 bits per heavy atom. The highest BCUT2D eigenvalue weighted by Crippen LogP contribution is 2.33. The van der Waals surface area contributed by atoms with E-state index in [1.165, 1.54) is 51.4 Å². The van der Waals surface area contributed by atoms with Crippen molar-refractivity contribution in [2.45, 2.75) is 84.5 Å². The Balaban J connectivity index is 1.66. The lowest BCUT2D eigenvalue weighted by Gasteiger charge is -2.27. The van der Waals surface area contributed by atoms with Gasteiger partial charge in [-0.05, 0) is 50.2 Å². The summed E-state index contributed by atoms with van der Waals surface area (Å²) in [6.45, 7) is 4.32. The summed E-state index contributed by atoms with van der Waals surface area (Å²) in [5.74, 6) is 1.41.